The van der Waals surface area contributed by atoms with Crippen molar-refractivity contribution < 1.29 is 9.59 Å². The molecule has 8 heteroatoms. The van der Waals surface area contributed by atoms with Gasteiger partial charge in [0.25, 0.3) is 0 Å². The van der Waals surface area contributed by atoms with Crippen LogP contribution >= 0.6 is 12.4 Å². The number of imide groups is 1. The lowest BCUT2D eigenvalue weighted by Crippen LogP contribution is -2.47. The van der Waals surface area contributed by atoms with E-state index in [-0.39, 0.29) is 36.1 Å². The maximum atomic E-state index is 12.7. The molecule has 0 N–H and O–H groups in total. The number of piperazine rings is 1. The van der Waals surface area contributed by atoms with Crippen molar-refractivity contribution in [2.24, 2.45) is 23.7 Å². The molecule has 2 bridgehead atoms. The first-order chi connectivity index (χ1) is 13.7. The molecule has 0 unspecified atom stereocenters. The summed E-state index contributed by atoms with van der Waals surface area (Å²) in [4.78, 5) is 40.4. The Bertz CT molecular complexity index is 712. The van der Waals surface area contributed by atoms with Crippen LogP contribution in [0.5, 0.6) is 0 Å². The second-order valence-electron chi connectivity index (χ2n) is 8.80. The molecular formula is C21H30ClN5O2. The molecule has 1 aromatic rings. The molecule has 2 amide bonds. The Labute approximate surface area is 178 Å². The zero-order chi connectivity index (χ0) is 19.1. The topological polar surface area (TPSA) is 69.6 Å². The normalized spacial score (nSPS) is 31.3. The number of halogens is 1. The van der Waals surface area contributed by atoms with Crippen LogP contribution in [-0.2, 0) is 9.59 Å². The van der Waals surface area contributed by atoms with Crippen molar-refractivity contribution in [1.29, 1.82) is 0 Å². The first-order valence-corrected chi connectivity index (χ1v) is 10.8. The maximum absolute atomic E-state index is 12.7. The summed E-state index contributed by atoms with van der Waals surface area (Å²) in [6, 6.07) is 1.84. The maximum Gasteiger partial charge on any atom is 0.233 e. The molecule has 2 aliphatic carbocycles. The van der Waals surface area contributed by atoms with Gasteiger partial charge < -0.3 is 4.90 Å². The van der Waals surface area contributed by atoms with Gasteiger partial charge in [0, 0.05) is 45.1 Å². The standard InChI is InChI=1S/C21H29N5O2.ClH/c27-19-17-15-4-5-16(14-15)18(17)20(28)26(19)9-2-1-8-24-10-12-25(13-11-24)21-22-6-3-7-23-21;/h3,6-7,15-18H,1-2,4-5,8-14H2;1H/t15-,16+,17+,18-;. The van der Waals surface area contributed by atoms with Crippen LogP contribution in [0.2, 0.25) is 0 Å². The summed E-state index contributed by atoms with van der Waals surface area (Å²) < 4.78 is 0. The minimum absolute atomic E-state index is 0. The monoisotopic (exact) mass is 419 g/mol. The van der Waals surface area contributed by atoms with Crippen molar-refractivity contribution in [3.8, 4) is 0 Å². The van der Waals surface area contributed by atoms with E-state index in [0.29, 0.717) is 18.4 Å². The van der Waals surface area contributed by atoms with E-state index < -0.39 is 0 Å². The number of hydrogen-bond donors (Lipinski definition) is 0. The van der Waals surface area contributed by atoms with Gasteiger partial charge in [0.15, 0.2) is 0 Å². The van der Waals surface area contributed by atoms with Gasteiger partial charge in [0.05, 0.1) is 11.8 Å². The fraction of sp³-hybridized carbons (Fsp3) is 0.714. The lowest BCUT2D eigenvalue weighted by atomic mass is 9.81. The van der Waals surface area contributed by atoms with Crippen molar-refractivity contribution in [3.05, 3.63) is 18.5 Å². The third kappa shape index (κ3) is 3.75. The molecule has 3 heterocycles. The van der Waals surface area contributed by atoms with Gasteiger partial charge in [-0.2, -0.15) is 0 Å². The van der Waals surface area contributed by atoms with Crippen LogP contribution in [0, 0.1) is 23.7 Å². The van der Waals surface area contributed by atoms with E-state index in [1.165, 1.54) is 0 Å². The first kappa shape index (κ1) is 20.5. The number of fused-ring (bicyclic) bond motifs is 5. The number of nitrogens with zero attached hydrogens (tertiary/aromatic N) is 5. The minimum atomic E-state index is 0. The molecule has 158 valence electrons. The van der Waals surface area contributed by atoms with Crippen LogP contribution in [0.4, 0.5) is 5.95 Å². The minimum Gasteiger partial charge on any atom is -0.338 e. The van der Waals surface area contributed by atoms with Crippen LogP contribution in [0.15, 0.2) is 18.5 Å². The lowest BCUT2D eigenvalue weighted by molar-refractivity contribution is -0.140. The van der Waals surface area contributed by atoms with Crippen LogP contribution in [0.3, 0.4) is 0 Å². The van der Waals surface area contributed by atoms with E-state index in [9.17, 15) is 9.59 Å². The van der Waals surface area contributed by atoms with Gasteiger partial charge in [-0.05, 0) is 56.6 Å². The van der Waals surface area contributed by atoms with Crippen molar-refractivity contribution in [2.45, 2.75) is 32.1 Å². The van der Waals surface area contributed by atoms with Crippen molar-refractivity contribution >= 4 is 30.2 Å². The second-order valence-corrected chi connectivity index (χ2v) is 8.80. The Kier molecular flexibility index (Phi) is 6.06. The van der Waals surface area contributed by atoms with E-state index in [1.54, 1.807) is 17.3 Å². The van der Waals surface area contributed by atoms with Crippen LogP contribution in [0.25, 0.3) is 0 Å². The molecule has 4 aliphatic rings. The highest BCUT2D eigenvalue weighted by Crippen LogP contribution is 2.56. The highest BCUT2D eigenvalue weighted by molar-refractivity contribution is 6.06. The number of aromatic nitrogens is 2. The summed E-state index contributed by atoms with van der Waals surface area (Å²) in [6.07, 6.45) is 8.93. The Hall–Kier alpha value is -1.73. The molecule has 29 heavy (non-hydrogen) atoms. The lowest BCUT2D eigenvalue weighted by Gasteiger charge is -2.34. The Morgan fingerprint density at radius 1 is 0.862 bits per heavy atom. The van der Waals surface area contributed by atoms with Crippen LogP contribution < -0.4 is 4.90 Å². The molecule has 7 nitrogen and oxygen atoms in total. The average molecular weight is 420 g/mol. The van der Waals surface area contributed by atoms with Gasteiger partial charge in [0.2, 0.25) is 17.8 Å². The van der Waals surface area contributed by atoms with Crippen molar-refractivity contribution in [3.63, 3.8) is 0 Å². The number of amides is 2. The molecule has 2 aliphatic heterocycles. The number of anilines is 1. The van der Waals surface area contributed by atoms with Gasteiger partial charge in [-0.3, -0.25) is 19.4 Å². The largest absolute Gasteiger partial charge is 0.338 e. The summed E-state index contributed by atoms with van der Waals surface area (Å²) in [7, 11) is 0. The molecule has 2 saturated carbocycles. The highest BCUT2D eigenvalue weighted by Gasteiger charge is 2.60. The highest BCUT2D eigenvalue weighted by atomic mass is 35.5. The molecule has 0 radical (unpaired) electrons. The van der Waals surface area contributed by atoms with Gasteiger partial charge in [-0.25, -0.2) is 9.97 Å². The van der Waals surface area contributed by atoms with Gasteiger partial charge in [-0.15, -0.1) is 12.4 Å². The fourth-order valence-electron chi connectivity index (χ4n) is 5.92. The fourth-order valence-corrected chi connectivity index (χ4v) is 5.92. The van der Waals surface area contributed by atoms with Gasteiger partial charge >= 0.3 is 0 Å². The Morgan fingerprint density at radius 3 is 2.07 bits per heavy atom. The van der Waals surface area contributed by atoms with Crippen LogP contribution in [-0.4, -0.2) is 70.9 Å². The number of likely N-dealkylation sites (tertiary alicyclic amines) is 1. The summed E-state index contributed by atoms with van der Waals surface area (Å²) in [5.41, 5.74) is 0. The smallest absolute Gasteiger partial charge is 0.233 e. The molecule has 5 rings (SSSR count). The van der Waals surface area contributed by atoms with E-state index >= 15 is 0 Å². The molecule has 0 spiro atoms. The molecule has 1 aromatic heterocycles. The van der Waals surface area contributed by atoms with E-state index in [0.717, 1.165) is 70.8 Å². The number of carbonyl (C=O) groups is 2. The second kappa shape index (κ2) is 8.56. The summed E-state index contributed by atoms with van der Waals surface area (Å²) >= 11 is 0. The number of rotatable bonds is 6. The Balaban J connectivity index is 0.00000205. The molecule has 2 saturated heterocycles. The van der Waals surface area contributed by atoms with Crippen LogP contribution in [0.1, 0.15) is 32.1 Å². The quantitative estimate of drug-likeness (QED) is 0.517. The van der Waals surface area contributed by atoms with E-state index in [2.05, 4.69) is 19.8 Å². The first-order valence-electron chi connectivity index (χ1n) is 10.8. The Morgan fingerprint density at radius 2 is 1.45 bits per heavy atom. The van der Waals surface area contributed by atoms with E-state index in [1.807, 2.05) is 6.07 Å². The molecule has 4 atom stereocenters. The third-order valence-electron chi connectivity index (χ3n) is 7.33. The zero-order valence-electron chi connectivity index (χ0n) is 16.8. The summed E-state index contributed by atoms with van der Waals surface area (Å²) in [6.45, 7) is 5.54. The zero-order valence-corrected chi connectivity index (χ0v) is 17.6. The number of unbranched alkanes of at least 4 members (excludes halogenated alkanes) is 1. The molecule has 0 aromatic carbocycles. The molecular weight excluding hydrogens is 390 g/mol. The van der Waals surface area contributed by atoms with Gasteiger partial charge in [-0.1, -0.05) is 0 Å². The summed E-state index contributed by atoms with van der Waals surface area (Å²) in [5, 5.41) is 0. The SMILES string of the molecule is Cl.O=C1[C@@H]2[C@H]3CC[C@H](C3)[C@@H]2C(=O)N1CCCCN1CCN(c2ncccn2)CC1. The van der Waals surface area contributed by atoms with E-state index in [4.69, 9.17) is 0 Å². The third-order valence-corrected chi connectivity index (χ3v) is 7.33. The summed E-state index contributed by atoms with van der Waals surface area (Å²) in [5.74, 6) is 2.12. The number of hydrogen-bond acceptors (Lipinski definition) is 6. The van der Waals surface area contributed by atoms with Crippen molar-refractivity contribution in [2.75, 3.05) is 44.2 Å². The predicted octanol–water partition coefficient (Wildman–Crippen LogP) is 1.83. The predicted molar refractivity (Wildman–Crippen MR) is 112 cm³/mol. The van der Waals surface area contributed by atoms with Gasteiger partial charge in [0.1, 0.15) is 0 Å². The average Bonchev–Trinajstić information content (AvgIpc) is 3.41. The number of carbonyl (C=O) groups excluding carboxylic acids is 2. The van der Waals surface area contributed by atoms with Crippen molar-refractivity contribution in [1.82, 2.24) is 19.8 Å². The molecule has 4 fully saturated rings.